The Labute approximate surface area is 103 Å². The Kier molecular flexibility index (Phi) is 7.04. The van der Waals surface area contributed by atoms with Crippen LogP contribution < -0.4 is 0 Å². The Morgan fingerprint density at radius 2 is 1.67 bits per heavy atom. The fourth-order valence-electron chi connectivity index (χ4n) is 0.596. The molecule has 1 atom stereocenters. The number of aliphatic hydroxyl groups excluding tert-OH is 1. The molecule has 1 N–H and O–H groups in total. The molecule has 5 nitrogen and oxygen atoms in total. The van der Waals surface area contributed by atoms with E-state index in [-0.39, 0.29) is 13.2 Å². The smallest absolute Gasteiger partial charge is 0.364 e. The zero-order valence-electron chi connectivity index (χ0n) is 8.15. The molecule has 0 aliphatic rings. The van der Waals surface area contributed by atoms with E-state index in [0.29, 0.717) is 0 Å². The van der Waals surface area contributed by atoms with Gasteiger partial charge in [-0.3, -0.25) is 13.6 Å². The minimum atomic E-state index is -3.88. The minimum Gasteiger partial charge on any atom is -0.364 e. The third kappa shape index (κ3) is 6.29. The van der Waals surface area contributed by atoms with Crippen LogP contribution in [-0.2, 0) is 18.1 Å². The van der Waals surface area contributed by atoms with Crippen molar-refractivity contribution >= 4 is 42.6 Å². The van der Waals surface area contributed by atoms with Crippen molar-refractivity contribution in [3.63, 3.8) is 0 Å². The molecule has 0 aromatic heterocycles. The normalized spacial score (nSPS) is 15.3. The summed E-state index contributed by atoms with van der Waals surface area (Å²) in [6.45, 7) is 3.31. The van der Waals surface area contributed by atoms with Crippen molar-refractivity contribution in [3.05, 3.63) is 0 Å². The molecule has 0 saturated heterocycles. The van der Waals surface area contributed by atoms with Gasteiger partial charge in [0.2, 0.25) is 10.1 Å². The van der Waals surface area contributed by atoms with Gasteiger partial charge in [0.1, 0.15) is 0 Å². The summed E-state index contributed by atoms with van der Waals surface area (Å²) in [5.74, 6) is 0. The number of alkyl halides is 3. The summed E-state index contributed by atoms with van der Waals surface area (Å²) in [6, 6.07) is 0. The maximum Gasteiger partial charge on any atom is 0.477 e. The SMILES string of the molecule is CCOP(=O)(OCC)OC(O)C(Cl)(Cl)Cl. The van der Waals surface area contributed by atoms with Crippen LogP contribution in [0.3, 0.4) is 0 Å². The molecule has 0 aromatic rings. The maximum atomic E-state index is 11.7. The number of phosphoric ester groups is 1. The first-order valence-electron chi connectivity index (χ1n) is 4.07. The van der Waals surface area contributed by atoms with Gasteiger partial charge in [0, 0.05) is 0 Å². The van der Waals surface area contributed by atoms with E-state index in [4.69, 9.17) is 43.9 Å². The van der Waals surface area contributed by atoms with Crippen molar-refractivity contribution in [1.82, 2.24) is 0 Å². The maximum absolute atomic E-state index is 11.7. The Bertz CT molecular complexity index is 221. The second-order valence-electron chi connectivity index (χ2n) is 2.28. The topological polar surface area (TPSA) is 65.0 Å². The largest absolute Gasteiger partial charge is 0.477 e. The Balaban J connectivity index is 4.48. The molecule has 0 heterocycles. The van der Waals surface area contributed by atoms with Crippen LogP contribution in [0.5, 0.6) is 0 Å². The fourth-order valence-corrected chi connectivity index (χ4v) is 2.15. The van der Waals surface area contributed by atoms with Gasteiger partial charge in [-0.15, -0.1) is 0 Å². The third-order valence-corrected chi connectivity index (χ3v) is 3.25. The molecule has 0 amide bonds. The standard InChI is InChI=1S/C6H12Cl3O5P/c1-3-12-15(11,13-4-2)14-5(10)6(7,8)9/h5,10H,3-4H2,1-2H3. The van der Waals surface area contributed by atoms with Gasteiger partial charge >= 0.3 is 7.82 Å². The first-order valence-corrected chi connectivity index (χ1v) is 6.67. The predicted molar refractivity (Wildman–Crippen MR) is 58.2 cm³/mol. The summed E-state index contributed by atoms with van der Waals surface area (Å²) in [7, 11) is -3.88. The van der Waals surface area contributed by atoms with Gasteiger partial charge in [-0.25, -0.2) is 4.57 Å². The molecule has 0 bridgehead atoms. The van der Waals surface area contributed by atoms with Crippen LogP contribution in [-0.4, -0.2) is 28.4 Å². The van der Waals surface area contributed by atoms with Crippen LogP contribution in [0.1, 0.15) is 13.8 Å². The fraction of sp³-hybridized carbons (Fsp3) is 1.00. The molecule has 0 saturated carbocycles. The van der Waals surface area contributed by atoms with E-state index in [0.717, 1.165) is 0 Å². The van der Waals surface area contributed by atoms with Gasteiger partial charge in [0.15, 0.2) is 0 Å². The average molecular weight is 301 g/mol. The third-order valence-electron chi connectivity index (χ3n) is 1.08. The van der Waals surface area contributed by atoms with E-state index in [1.807, 2.05) is 0 Å². The first kappa shape index (κ1) is 15.9. The number of phosphoric acid groups is 1. The highest BCUT2D eigenvalue weighted by Crippen LogP contribution is 2.52. The quantitative estimate of drug-likeness (QED) is 0.464. The molecule has 1 unspecified atom stereocenters. The number of hydrogen-bond donors (Lipinski definition) is 1. The summed E-state index contributed by atoms with van der Waals surface area (Å²) in [5, 5.41) is 9.22. The summed E-state index contributed by atoms with van der Waals surface area (Å²) in [5.41, 5.74) is 0. The highest BCUT2D eigenvalue weighted by atomic mass is 35.6. The Morgan fingerprint density at radius 3 is 1.93 bits per heavy atom. The van der Waals surface area contributed by atoms with Crippen molar-refractivity contribution in [2.45, 2.75) is 23.9 Å². The molecule has 0 aliphatic heterocycles. The highest BCUT2D eigenvalue weighted by molar-refractivity contribution is 7.48. The van der Waals surface area contributed by atoms with Crippen molar-refractivity contribution in [1.29, 1.82) is 0 Å². The predicted octanol–water partition coefficient (Wildman–Crippen LogP) is 2.87. The first-order chi connectivity index (χ1) is 6.75. The number of aliphatic hydroxyl groups is 1. The zero-order valence-corrected chi connectivity index (χ0v) is 11.3. The summed E-state index contributed by atoms with van der Waals surface area (Å²) in [6.07, 6.45) is -1.90. The van der Waals surface area contributed by atoms with E-state index in [9.17, 15) is 9.67 Å². The molecular weight excluding hydrogens is 289 g/mol. The van der Waals surface area contributed by atoms with Gasteiger partial charge in [-0.1, -0.05) is 34.8 Å². The summed E-state index contributed by atoms with van der Waals surface area (Å²) >= 11 is 15.9. The lowest BCUT2D eigenvalue weighted by Crippen LogP contribution is -2.27. The van der Waals surface area contributed by atoms with Crippen molar-refractivity contribution in [2.24, 2.45) is 0 Å². The number of rotatable bonds is 6. The van der Waals surface area contributed by atoms with E-state index < -0.39 is 17.9 Å². The molecule has 0 aromatic carbocycles. The molecule has 15 heavy (non-hydrogen) atoms. The Morgan fingerprint density at radius 1 is 1.27 bits per heavy atom. The lowest BCUT2D eigenvalue weighted by atomic mass is 10.8. The van der Waals surface area contributed by atoms with Gasteiger partial charge in [0.05, 0.1) is 13.2 Å². The highest BCUT2D eigenvalue weighted by Gasteiger charge is 2.39. The molecule has 0 radical (unpaired) electrons. The van der Waals surface area contributed by atoms with Crippen LogP contribution >= 0.6 is 42.6 Å². The summed E-state index contributed by atoms with van der Waals surface area (Å²) in [4.78, 5) is 0. The van der Waals surface area contributed by atoms with Crippen LogP contribution in [0.4, 0.5) is 0 Å². The Hall–Kier alpha value is 0.940. The van der Waals surface area contributed by atoms with E-state index >= 15 is 0 Å². The van der Waals surface area contributed by atoms with Crippen molar-refractivity contribution < 1.29 is 23.2 Å². The molecule has 0 rings (SSSR count). The molecule has 0 fully saturated rings. The van der Waals surface area contributed by atoms with Gasteiger partial charge in [0.25, 0.3) is 0 Å². The van der Waals surface area contributed by atoms with Gasteiger partial charge in [-0.2, -0.15) is 0 Å². The van der Waals surface area contributed by atoms with E-state index in [1.165, 1.54) is 0 Å². The molecule has 9 heteroatoms. The van der Waals surface area contributed by atoms with Crippen LogP contribution in [0.2, 0.25) is 0 Å². The monoisotopic (exact) mass is 300 g/mol. The lowest BCUT2D eigenvalue weighted by molar-refractivity contribution is -0.0438. The molecule has 92 valence electrons. The van der Waals surface area contributed by atoms with Crippen LogP contribution in [0, 0.1) is 0 Å². The minimum absolute atomic E-state index is 0.0733. The number of hydrogen-bond acceptors (Lipinski definition) is 5. The number of halogens is 3. The van der Waals surface area contributed by atoms with Crippen molar-refractivity contribution in [2.75, 3.05) is 13.2 Å². The second-order valence-corrected chi connectivity index (χ2v) is 6.27. The lowest BCUT2D eigenvalue weighted by Gasteiger charge is -2.23. The molecule has 0 aliphatic carbocycles. The van der Waals surface area contributed by atoms with Crippen molar-refractivity contribution in [3.8, 4) is 0 Å². The van der Waals surface area contributed by atoms with E-state index in [1.54, 1.807) is 13.8 Å². The van der Waals surface area contributed by atoms with E-state index in [2.05, 4.69) is 4.52 Å². The van der Waals surface area contributed by atoms with Gasteiger partial charge in [-0.05, 0) is 13.8 Å². The molecular formula is C6H12Cl3O5P. The zero-order chi connectivity index (χ0) is 12.1. The second kappa shape index (κ2) is 6.62. The summed E-state index contributed by atoms with van der Waals surface area (Å²) < 4.78 is 23.5. The van der Waals surface area contributed by atoms with Crippen LogP contribution in [0.15, 0.2) is 0 Å². The average Bonchev–Trinajstić information content (AvgIpc) is 2.02. The molecule has 0 spiro atoms. The van der Waals surface area contributed by atoms with Gasteiger partial charge < -0.3 is 5.11 Å². The van der Waals surface area contributed by atoms with Crippen LogP contribution in [0.25, 0.3) is 0 Å².